The van der Waals surface area contributed by atoms with Crippen molar-refractivity contribution >= 4 is 22.1 Å². The molecule has 0 spiro atoms. The minimum absolute atomic E-state index is 0.106. The number of nitrogens with one attached hydrogen (secondary N) is 2. The van der Waals surface area contributed by atoms with Crippen LogP contribution in [0.4, 0.5) is 0 Å². The van der Waals surface area contributed by atoms with Crippen molar-refractivity contribution in [1.29, 1.82) is 0 Å². The number of hydrogen-bond donors (Lipinski definition) is 2. The Bertz CT molecular complexity index is 977. The summed E-state index contributed by atoms with van der Waals surface area (Å²) in [7, 11) is -3.73. The fourth-order valence-electron chi connectivity index (χ4n) is 3.29. The van der Waals surface area contributed by atoms with Crippen molar-refractivity contribution in [1.82, 2.24) is 14.7 Å². The Morgan fingerprint density at radius 2 is 2.07 bits per heavy atom. The maximum absolute atomic E-state index is 12.1. The number of ether oxygens (including phenoxy) is 1. The number of amides is 1. The minimum Gasteiger partial charge on any atom is -0.376 e. The van der Waals surface area contributed by atoms with Crippen LogP contribution in [0, 0.1) is 13.8 Å². The molecular formula is C20H26N4O4S. The second-order valence-electron chi connectivity index (χ2n) is 7.00. The van der Waals surface area contributed by atoms with E-state index in [0.717, 1.165) is 42.9 Å². The molecule has 0 unspecified atom stereocenters. The lowest BCUT2D eigenvalue weighted by atomic mass is 10.2. The molecule has 3 rings (SSSR count). The van der Waals surface area contributed by atoms with Crippen LogP contribution in [0.25, 0.3) is 0 Å². The van der Waals surface area contributed by atoms with Crippen LogP contribution in [0.5, 0.6) is 0 Å². The molecule has 2 N–H and O–H groups in total. The van der Waals surface area contributed by atoms with Gasteiger partial charge in [-0.05, 0) is 44.9 Å². The summed E-state index contributed by atoms with van der Waals surface area (Å²) in [6, 6.07) is 9.88. The molecule has 29 heavy (non-hydrogen) atoms. The van der Waals surface area contributed by atoms with E-state index >= 15 is 0 Å². The molecule has 1 fully saturated rings. The van der Waals surface area contributed by atoms with Crippen molar-refractivity contribution in [2.75, 3.05) is 13.2 Å². The van der Waals surface area contributed by atoms with Gasteiger partial charge in [0.2, 0.25) is 10.0 Å². The van der Waals surface area contributed by atoms with Crippen LogP contribution < -0.4 is 10.1 Å². The Balaban J connectivity index is 1.53. The summed E-state index contributed by atoms with van der Waals surface area (Å²) in [5.74, 6) is -0.547. The topological polar surface area (TPSA) is 102 Å². The molecule has 1 atom stereocenters. The van der Waals surface area contributed by atoms with Gasteiger partial charge in [-0.3, -0.25) is 4.79 Å². The number of hydrazone groups is 1. The second kappa shape index (κ2) is 9.34. The highest BCUT2D eigenvalue weighted by molar-refractivity contribution is 7.89. The van der Waals surface area contributed by atoms with Crippen molar-refractivity contribution in [3.63, 3.8) is 0 Å². The van der Waals surface area contributed by atoms with Crippen LogP contribution in [-0.4, -0.2) is 44.4 Å². The van der Waals surface area contributed by atoms with E-state index in [1.807, 2.05) is 19.9 Å². The highest BCUT2D eigenvalue weighted by Gasteiger charge is 2.18. The van der Waals surface area contributed by atoms with Gasteiger partial charge in [-0.1, -0.05) is 18.2 Å². The molecule has 0 aliphatic carbocycles. The maximum Gasteiger partial charge on any atom is 0.255 e. The Kier molecular flexibility index (Phi) is 6.83. The normalized spacial score (nSPS) is 17.1. The zero-order valence-electron chi connectivity index (χ0n) is 16.6. The molecule has 0 saturated carbocycles. The average molecular weight is 419 g/mol. The largest absolute Gasteiger partial charge is 0.376 e. The monoisotopic (exact) mass is 418 g/mol. The number of carbonyl (C=O) groups is 1. The van der Waals surface area contributed by atoms with Crippen molar-refractivity contribution in [2.24, 2.45) is 5.10 Å². The van der Waals surface area contributed by atoms with E-state index in [-0.39, 0.29) is 11.0 Å². The summed E-state index contributed by atoms with van der Waals surface area (Å²) in [4.78, 5) is 12.0. The number of benzene rings is 1. The Morgan fingerprint density at radius 1 is 1.31 bits per heavy atom. The van der Waals surface area contributed by atoms with Gasteiger partial charge in [0.15, 0.2) is 0 Å². The molecule has 0 bridgehead atoms. The fourth-order valence-corrected chi connectivity index (χ4v) is 4.29. The predicted octanol–water partition coefficient (Wildman–Crippen LogP) is 1.71. The van der Waals surface area contributed by atoms with E-state index in [1.54, 1.807) is 24.4 Å². The average Bonchev–Trinajstić information content (AvgIpc) is 3.31. The van der Waals surface area contributed by atoms with E-state index < -0.39 is 22.5 Å². The van der Waals surface area contributed by atoms with E-state index in [0.29, 0.717) is 0 Å². The standard InChI is InChI=1S/C20H26N4O4S/c1-15-11-17(16(2)24(15)14-18-7-6-10-28-18)12-21-23-20(25)13-22-29(26,27)19-8-4-3-5-9-19/h3-5,8-9,11-12,18,22H,6-7,10,13-14H2,1-2H3,(H,23,25)/b21-12-/t18-/m0/s1. The van der Waals surface area contributed by atoms with Crippen LogP contribution in [0.15, 0.2) is 46.4 Å². The molecule has 2 aromatic rings. The van der Waals surface area contributed by atoms with Gasteiger partial charge in [0.25, 0.3) is 5.91 Å². The number of rotatable bonds is 8. The third-order valence-corrected chi connectivity index (χ3v) is 6.31. The van der Waals surface area contributed by atoms with Gasteiger partial charge in [-0.15, -0.1) is 0 Å². The zero-order chi connectivity index (χ0) is 20.9. The Hall–Kier alpha value is -2.49. The predicted molar refractivity (Wildman–Crippen MR) is 110 cm³/mol. The van der Waals surface area contributed by atoms with E-state index in [2.05, 4.69) is 19.8 Å². The molecule has 0 radical (unpaired) electrons. The molecular weight excluding hydrogens is 392 g/mol. The van der Waals surface area contributed by atoms with Crippen LogP contribution in [-0.2, 0) is 26.1 Å². The fraction of sp³-hybridized carbons (Fsp3) is 0.400. The lowest BCUT2D eigenvalue weighted by Gasteiger charge is -2.14. The number of carbonyl (C=O) groups excluding carboxylic acids is 1. The summed E-state index contributed by atoms with van der Waals surface area (Å²) in [5.41, 5.74) is 5.39. The molecule has 156 valence electrons. The first-order valence-electron chi connectivity index (χ1n) is 9.52. The van der Waals surface area contributed by atoms with Gasteiger partial charge in [-0.2, -0.15) is 5.10 Å². The van der Waals surface area contributed by atoms with Crippen molar-refractivity contribution in [3.8, 4) is 0 Å². The number of hydrogen-bond acceptors (Lipinski definition) is 5. The molecule has 1 saturated heterocycles. The first-order valence-corrected chi connectivity index (χ1v) is 11.0. The minimum atomic E-state index is -3.73. The van der Waals surface area contributed by atoms with Gasteiger partial charge in [-0.25, -0.2) is 18.6 Å². The molecule has 1 aromatic carbocycles. The zero-order valence-corrected chi connectivity index (χ0v) is 17.4. The maximum atomic E-state index is 12.1. The molecule has 1 aromatic heterocycles. The second-order valence-corrected chi connectivity index (χ2v) is 8.77. The molecule has 8 nitrogen and oxygen atoms in total. The Morgan fingerprint density at radius 3 is 2.76 bits per heavy atom. The third kappa shape index (κ3) is 5.53. The highest BCUT2D eigenvalue weighted by atomic mass is 32.2. The third-order valence-electron chi connectivity index (χ3n) is 4.89. The van der Waals surface area contributed by atoms with Gasteiger partial charge in [0.05, 0.1) is 23.8 Å². The lowest BCUT2D eigenvalue weighted by Crippen LogP contribution is -2.34. The van der Waals surface area contributed by atoms with Crippen LogP contribution in [0.2, 0.25) is 0 Å². The van der Waals surface area contributed by atoms with Crippen LogP contribution in [0.3, 0.4) is 0 Å². The first-order chi connectivity index (χ1) is 13.9. The number of sulfonamides is 1. The number of aryl methyl sites for hydroxylation is 1. The SMILES string of the molecule is Cc1cc(/C=N\NC(=O)CNS(=O)(=O)c2ccccc2)c(C)n1C[C@@H]1CCCO1. The molecule has 2 heterocycles. The lowest BCUT2D eigenvalue weighted by molar-refractivity contribution is -0.119. The summed E-state index contributed by atoms with van der Waals surface area (Å²) < 4.78 is 34.4. The summed E-state index contributed by atoms with van der Waals surface area (Å²) >= 11 is 0. The van der Waals surface area contributed by atoms with Crippen molar-refractivity contribution in [2.45, 2.75) is 44.2 Å². The van der Waals surface area contributed by atoms with Gasteiger partial charge in [0.1, 0.15) is 0 Å². The molecule has 1 aliphatic heterocycles. The van der Waals surface area contributed by atoms with E-state index in [9.17, 15) is 13.2 Å². The van der Waals surface area contributed by atoms with Gasteiger partial charge in [0, 0.05) is 30.1 Å². The van der Waals surface area contributed by atoms with E-state index in [1.165, 1.54) is 12.1 Å². The number of nitrogens with zero attached hydrogens (tertiary/aromatic N) is 2. The summed E-state index contributed by atoms with van der Waals surface area (Å²) in [5, 5.41) is 3.96. The Labute approximate surface area is 171 Å². The quantitative estimate of drug-likeness (QED) is 0.503. The summed E-state index contributed by atoms with van der Waals surface area (Å²) in [6.45, 7) is 5.25. The van der Waals surface area contributed by atoms with Crippen LogP contribution in [0.1, 0.15) is 29.8 Å². The van der Waals surface area contributed by atoms with Gasteiger partial charge >= 0.3 is 0 Å². The van der Waals surface area contributed by atoms with Crippen molar-refractivity contribution < 1.29 is 17.9 Å². The number of aromatic nitrogens is 1. The molecule has 1 amide bonds. The first kappa shape index (κ1) is 21.2. The van der Waals surface area contributed by atoms with Gasteiger partial charge < -0.3 is 9.30 Å². The molecule has 1 aliphatic rings. The highest BCUT2D eigenvalue weighted by Crippen LogP contribution is 2.19. The van der Waals surface area contributed by atoms with Crippen molar-refractivity contribution in [3.05, 3.63) is 53.3 Å². The smallest absolute Gasteiger partial charge is 0.255 e. The van der Waals surface area contributed by atoms with Crippen LogP contribution >= 0.6 is 0 Å². The van der Waals surface area contributed by atoms with E-state index in [4.69, 9.17) is 4.74 Å². The molecule has 9 heteroatoms. The summed E-state index contributed by atoms with van der Waals surface area (Å²) in [6.07, 6.45) is 3.97.